The van der Waals surface area contributed by atoms with E-state index in [1.54, 1.807) is 13.8 Å². The fraction of sp³-hybridized carbons (Fsp3) is 0.867. The number of unbranched alkanes of at least 4 members (excludes halogenated alkanes) is 3. The number of hydrogen-bond donors (Lipinski definition) is 0. The van der Waals surface area contributed by atoms with Crippen LogP contribution >= 0.6 is 0 Å². The second-order valence-corrected chi connectivity index (χ2v) is 5.53. The van der Waals surface area contributed by atoms with Crippen molar-refractivity contribution in [2.45, 2.75) is 83.7 Å². The van der Waals surface area contributed by atoms with Gasteiger partial charge in [0, 0.05) is 0 Å². The standard InChI is InChI=1S/C15H26N4/c1-5-7-8-9-11-15(4,13-17)19-18-14(3,12-16)10-6-2/h5-11H2,1-4H3/b19-18+. The van der Waals surface area contributed by atoms with Crippen LogP contribution in [0.1, 0.15) is 72.6 Å². The van der Waals surface area contributed by atoms with Gasteiger partial charge < -0.3 is 0 Å². The summed E-state index contributed by atoms with van der Waals surface area (Å²) in [5, 5.41) is 26.7. The van der Waals surface area contributed by atoms with Gasteiger partial charge >= 0.3 is 0 Å². The molecule has 4 heteroatoms. The Kier molecular flexibility index (Phi) is 8.00. The lowest BCUT2D eigenvalue weighted by molar-refractivity contribution is 0.434. The van der Waals surface area contributed by atoms with Gasteiger partial charge in [-0.25, -0.2) is 0 Å². The van der Waals surface area contributed by atoms with Gasteiger partial charge in [0.15, 0.2) is 11.1 Å². The second kappa shape index (κ2) is 8.64. The SMILES string of the molecule is CCCCCCC(C)(C#N)/N=N/C(C)(C#N)CCC. The van der Waals surface area contributed by atoms with Crippen molar-refractivity contribution in [1.29, 1.82) is 10.5 Å². The zero-order valence-electron chi connectivity index (χ0n) is 12.7. The molecule has 19 heavy (non-hydrogen) atoms. The molecule has 0 rings (SSSR count). The molecule has 0 bridgehead atoms. The molecule has 0 aliphatic heterocycles. The maximum absolute atomic E-state index is 9.25. The average molecular weight is 262 g/mol. The normalized spacial score (nSPS) is 17.4. The summed E-state index contributed by atoms with van der Waals surface area (Å²) in [6.07, 6.45) is 6.72. The Hall–Kier alpha value is -1.42. The number of hydrogen-bond acceptors (Lipinski definition) is 4. The second-order valence-electron chi connectivity index (χ2n) is 5.53. The molecule has 2 atom stereocenters. The van der Waals surface area contributed by atoms with Gasteiger partial charge in [0.2, 0.25) is 0 Å². The first-order chi connectivity index (χ1) is 8.95. The minimum absolute atomic E-state index is 0.671. The Balaban J connectivity index is 4.60. The summed E-state index contributed by atoms with van der Waals surface area (Å²) in [5.74, 6) is 0. The molecule has 0 fully saturated rings. The highest BCUT2D eigenvalue weighted by Gasteiger charge is 2.27. The Morgan fingerprint density at radius 1 is 0.789 bits per heavy atom. The van der Waals surface area contributed by atoms with Crippen LogP contribution in [0.15, 0.2) is 10.2 Å². The van der Waals surface area contributed by atoms with E-state index in [1.165, 1.54) is 12.8 Å². The first-order valence-electron chi connectivity index (χ1n) is 7.22. The predicted molar refractivity (Wildman–Crippen MR) is 76.6 cm³/mol. The molecular formula is C15H26N4. The highest BCUT2D eigenvalue weighted by Crippen LogP contribution is 2.24. The monoisotopic (exact) mass is 262 g/mol. The summed E-state index contributed by atoms with van der Waals surface area (Å²) >= 11 is 0. The van der Waals surface area contributed by atoms with Crippen molar-refractivity contribution < 1.29 is 0 Å². The van der Waals surface area contributed by atoms with Gasteiger partial charge in [0.1, 0.15) is 0 Å². The molecule has 0 N–H and O–H groups in total. The first-order valence-corrected chi connectivity index (χ1v) is 7.22. The van der Waals surface area contributed by atoms with Gasteiger partial charge in [-0.05, 0) is 33.1 Å². The van der Waals surface area contributed by atoms with Crippen LogP contribution in [-0.2, 0) is 0 Å². The highest BCUT2D eigenvalue weighted by atomic mass is 15.2. The summed E-state index contributed by atoms with van der Waals surface area (Å²) in [7, 11) is 0. The van der Waals surface area contributed by atoms with E-state index in [-0.39, 0.29) is 0 Å². The van der Waals surface area contributed by atoms with Crippen molar-refractivity contribution in [2.24, 2.45) is 10.2 Å². The van der Waals surface area contributed by atoms with Gasteiger partial charge in [-0.3, -0.25) is 0 Å². The van der Waals surface area contributed by atoms with E-state index < -0.39 is 11.1 Å². The van der Waals surface area contributed by atoms with Crippen LogP contribution in [-0.4, -0.2) is 11.1 Å². The van der Waals surface area contributed by atoms with Gasteiger partial charge in [-0.1, -0.05) is 39.5 Å². The van der Waals surface area contributed by atoms with Crippen molar-refractivity contribution in [1.82, 2.24) is 0 Å². The van der Waals surface area contributed by atoms with Gasteiger partial charge in [0.25, 0.3) is 0 Å². The predicted octanol–water partition coefficient (Wildman–Crippen LogP) is 4.77. The summed E-state index contributed by atoms with van der Waals surface area (Å²) in [6.45, 7) is 7.74. The van der Waals surface area contributed by atoms with E-state index in [0.717, 1.165) is 19.3 Å². The van der Waals surface area contributed by atoms with E-state index in [4.69, 9.17) is 5.26 Å². The third-order valence-electron chi connectivity index (χ3n) is 3.23. The minimum atomic E-state index is -0.795. The summed E-state index contributed by atoms with van der Waals surface area (Å²) in [5.41, 5.74) is -1.59. The zero-order chi connectivity index (χ0) is 14.8. The van der Waals surface area contributed by atoms with Crippen LogP contribution < -0.4 is 0 Å². The van der Waals surface area contributed by atoms with Crippen LogP contribution in [0, 0.1) is 22.7 Å². The minimum Gasteiger partial charge on any atom is -0.196 e. The molecule has 106 valence electrons. The highest BCUT2D eigenvalue weighted by molar-refractivity contribution is 5.07. The molecule has 4 nitrogen and oxygen atoms in total. The molecule has 0 spiro atoms. The number of azo groups is 1. The number of nitriles is 2. The Labute approximate surface area is 117 Å². The van der Waals surface area contributed by atoms with Gasteiger partial charge in [-0.2, -0.15) is 20.8 Å². The van der Waals surface area contributed by atoms with Crippen molar-refractivity contribution >= 4 is 0 Å². The lowest BCUT2D eigenvalue weighted by Gasteiger charge is -2.19. The molecule has 2 unspecified atom stereocenters. The maximum atomic E-state index is 9.25. The lowest BCUT2D eigenvalue weighted by Crippen LogP contribution is -2.23. The molecule has 0 aliphatic rings. The van der Waals surface area contributed by atoms with Gasteiger partial charge in [0.05, 0.1) is 12.1 Å². The molecule has 0 saturated carbocycles. The molecular weight excluding hydrogens is 236 g/mol. The third-order valence-corrected chi connectivity index (χ3v) is 3.23. The topological polar surface area (TPSA) is 72.3 Å². The van der Waals surface area contributed by atoms with Crippen LogP contribution in [0.25, 0.3) is 0 Å². The Bertz CT molecular complexity index is 363. The molecule has 0 aliphatic carbocycles. The van der Waals surface area contributed by atoms with E-state index in [1.807, 2.05) is 6.92 Å². The van der Waals surface area contributed by atoms with Crippen molar-refractivity contribution in [2.75, 3.05) is 0 Å². The molecule has 0 aromatic carbocycles. The zero-order valence-corrected chi connectivity index (χ0v) is 12.7. The summed E-state index contributed by atoms with van der Waals surface area (Å²) in [4.78, 5) is 0. The lowest BCUT2D eigenvalue weighted by atomic mass is 9.96. The summed E-state index contributed by atoms with van der Waals surface area (Å²) in [6, 6.07) is 4.41. The molecule has 0 aromatic rings. The molecule has 0 amide bonds. The molecule has 0 radical (unpaired) electrons. The quantitative estimate of drug-likeness (QED) is 0.443. The van der Waals surface area contributed by atoms with Crippen molar-refractivity contribution in [3.05, 3.63) is 0 Å². The smallest absolute Gasteiger partial charge is 0.164 e. The molecule has 0 aromatic heterocycles. The van der Waals surface area contributed by atoms with Crippen LogP contribution in [0.2, 0.25) is 0 Å². The van der Waals surface area contributed by atoms with Crippen molar-refractivity contribution in [3.8, 4) is 12.1 Å². The molecule has 0 saturated heterocycles. The van der Waals surface area contributed by atoms with Crippen LogP contribution in [0.3, 0.4) is 0 Å². The van der Waals surface area contributed by atoms with Crippen LogP contribution in [0.4, 0.5) is 0 Å². The number of nitrogens with zero attached hydrogens (tertiary/aromatic N) is 4. The van der Waals surface area contributed by atoms with E-state index in [0.29, 0.717) is 12.8 Å². The largest absolute Gasteiger partial charge is 0.196 e. The summed E-state index contributed by atoms with van der Waals surface area (Å²) < 4.78 is 0. The number of rotatable bonds is 9. The third kappa shape index (κ3) is 6.91. The van der Waals surface area contributed by atoms with E-state index in [2.05, 4.69) is 29.3 Å². The van der Waals surface area contributed by atoms with Gasteiger partial charge in [-0.15, -0.1) is 0 Å². The Morgan fingerprint density at radius 2 is 1.32 bits per heavy atom. The fourth-order valence-electron chi connectivity index (χ4n) is 1.86. The molecule has 0 heterocycles. The van der Waals surface area contributed by atoms with E-state index in [9.17, 15) is 5.26 Å². The first kappa shape index (κ1) is 17.6. The van der Waals surface area contributed by atoms with Crippen LogP contribution in [0.5, 0.6) is 0 Å². The van der Waals surface area contributed by atoms with Crippen molar-refractivity contribution in [3.63, 3.8) is 0 Å². The maximum Gasteiger partial charge on any atom is 0.164 e. The van der Waals surface area contributed by atoms with E-state index >= 15 is 0 Å². The average Bonchev–Trinajstić information content (AvgIpc) is 2.42. The Morgan fingerprint density at radius 3 is 1.74 bits per heavy atom. The fourth-order valence-corrected chi connectivity index (χ4v) is 1.86.